The minimum atomic E-state index is -0.315. The summed E-state index contributed by atoms with van der Waals surface area (Å²) >= 11 is 6.00. The van der Waals surface area contributed by atoms with Crippen LogP contribution in [0.1, 0.15) is 37.8 Å². The van der Waals surface area contributed by atoms with Crippen molar-refractivity contribution in [2.45, 2.75) is 26.7 Å². The second-order valence-electron chi connectivity index (χ2n) is 7.56. The van der Waals surface area contributed by atoms with Crippen molar-refractivity contribution >= 4 is 23.5 Å². The van der Waals surface area contributed by atoms with Crippen molar-refractivity contribution in [3.8, 4) is 0 Å². The minimum Gasteiger partial charge on any atom is -0.299 e. The lowest BCUT2D eigenvalue weighted by Gasteiger charge is -2.16. The zero-order valence-corrected chi connectivity index (χ0v) is 15.1. The Kier molecular flexibility index (Phi) is 4.64. The number of carbonyl (C=O) groups is 1. The van der Waals surface area contributed by atoms with Crippen molar-refractivity contribution < 1.29 is 4.79 Å². The Hall–Kier alpha value is -1.86. The molecule has 1 fully saturated rings. The average Bonchev–Trinajstić information content (AvgIpc) is 3.27. The highest BCUT2D eigenvalue weighted by molar-refractivity contribution is 6.30. The van der Waals surface area contributed by atoms with Gasteiger partial charge in [-0.25, -0.2) is 0 Å². The van der Waals surface area contributed by atoms with E-state index >= 15 is 0 Å². The van der Waals surface area contributed by atoms with Gasteiger partial charge in [-0.3, -0.25) is 4.79 Å². The molecule has 0 spiro atoms. The molecule has 0 N–H and O–H groups in total. The van der Waals surface area contributed by atoms with Crippen molar-refractivity contribution in [1.82, 2.24) is 0 Å². The van der Waals surface area contributed by atoms with Crippen molar-refractivity contribution in [2.24, 2.45) is 17.3 Å². The Labute approximate surface area is 149 Å². The highest BCUT2D eigenvalue weighted by Gasteiger charge is 2.55. The molecule has 3 rings (SSSR count). The van der Waals surface area contributed by atoms with E-state index < -0.39 is 0 Å². The summed E-state index contributed by atoms with van der Waals surface area (Å²) in [4.78, 5) is 12.8. The topological polar surface area (TPSA) is 17.1 Å². The van der Waals surface area contributed by atoms with E-state index in [4.69, 9.17) is 11.6 Å². The Bertz CT molecular complexity index is 738. The number of benzene rings is 2. The zero-order valence-electron chi connectivity index (χ0n) is 14.4. The largest absolute Gasteiger partial charge is 0.299 e. The predicted octanol–water partition coefficient (Wildman–Crippen LogP) is 6.00. The van der Waals surface area contributed by atoms with Crippen molar-refractivity contribution in [3.63, 3.8) is 0 Å². The van der Waals surface area contributed by atoms with Gasteiger partial charge in [0.05, 0.1) is 0 Å². The van der Waals surface area contributed by atoms with Crippen LogP contribution in [0, 0.1) is 17.3 Å². The van der Waals surface area contributed by atoms with E-state index in [2.05, 4.69) is 24.3 Å². The number of hydrogen-bond acceptors (Lipinski definition) is 1. The number of Topliss-reactive ketones (excluding diaryl/α,β-unsaturated/α-hetero) is 1. The summed E-state index contributed by atoms with van der Waals surface area (Å²) < 4.78 is 0. The number of hydrogen-bond donors (Lipinski definition) is 0. The Morgan fingerprint density at radius 2 is 1.62 bits per heavy atom. The average molecular weight is 339 g/mol. The number of halogens is 1. The van der Waals surface area contributed by atoms with Crippen LogP contribution < -0.4 is 0 Å². The number of ketones is 1. The molecule has 0 aromatic heterocycles. The summed E-state index contributed by atoms with van der Waals surface area (Å²) in [6.07, 6.45) is 4.33. The van der Waals surface area contributed by atoms with Crippen molar-refractivity contribution in [1.29, 1.82) is 0 Å². The summed E-state index contributed by atoms with van der Waals surface area (Å²) in [6, 6.07) is 18.1. The lowest BCUT2D eigenvalue weighted by Crippen LogP contribution is -2.23. The summed E-state index contributed by atoms with van der Waals surface area (Å²) in [6.45, 7) is 6.01. The molecule has 0 amide bonds. The summed E-state index contributed by atoms with van der Waals surface area (Å²) in [7, 11) is 0. The molecule has 24 heavy (non-hydrogen) atoms. The van der Waals surface area contributed by atoms with Gasteiger partial charge in [-0.1, -0.05) is 87.0 Å². The number of carbonyl (C=O) groups excluding carboxylic acids is 1. The molecule has 124 valence electrons. The van der Waals surface area contributed by atoms with E-state index in [1.807, 2.05) is 63.2 Å². The Morgan fingerprint density at radius 3 is 2.21 bits per heavy atom. The molecule has 0 unspecified atom stereocenters. The second kappa shape index (κ2) is 6.57. The molecule has 0 saturated heterocycles. The van der Waals surface area contributed by atoms with Crippen LogP contribution in [0.25, 0.3) is 6.08 Å². The molecule has 1 nitrogen and oxygen atoms in total. The van der Waals surface area contributed by atoms with Gasteiger partial charge in [-0.15, -0.1) is 0 Å². The standard InChI is InChI=1S/C22H23ClO/c1-22(2,3)21(24)20-18(14-9-15-7-5-4-6-8-15)19(20)16-10-12-17(23)13-11-16/h4-14,18-20H,1-3H3/b14-9+/t18-,19+,20+/m1/s1. The fourth-order valence-electron chi connectivity index (χ4n) is 3.31. The van der Waals surface area contributed by atoms with Crippen LogP contribution in [0.4, 0.5) is 0 Å². The van der Waals surface area contributed by atoms with E-state index in [1.165, 1.54) is 11.1 Å². The highest BCUT2D eigenvalue weighted by Crippen LogP contribution is 2.57. The molecular weight excluding hydrogens is 316 g/mol. The molecule has 2 aromatic rings. The quantitative estimate of drug-likeness (QED) is 0.668. The van der Waals surface area contributed by atoms with Gasteiger partial charge in [-0.2, -0.15) is 0 Å². The Morgan fingerprint density at radius 1 is 1.00 bits per heavy atom. The van der Waals surface area contributed by atoms with Gasteiger partial charge in [0.1, 0.15) is 5.78 Å². The fraction of sp³-hybridized carbons (Fsp3) is 0.318. The lowest BCUT2D eigenvalue weighted by atomic mass is 9.86. The normalized spacial score (nSPS) is 23.4. The SMILES string of the molecule is CC(C)(C)C(=O)[C@H]1[C@H](/C=C/c2ccccc2)[C@@H]1c1ccc(Cl)cc1. The molecular formula is C22H23ClO. The van der Waals surface area contributed by atoms with Gasteiger partial charge < -0.3 is 0 Å². The first-order chi connectivity index (χ1) is 11.4. The van der Waals surface area contributed by atoms with Crippen LogP contribution in [0.2, 0.25) is 5.02 Å². The van der Waals surface area contributed by atoms with E-state index in [-0.39, 0.29) is 23.2 Å². The molecule has 2 aromatic carbocycles. The lowest BCUT2D eigenvalue weighted by molar-refractivity contribution is -0.127. The van der Waals surface area contributed by atoms with Crippen molar-refractivity contribution in [2.75, 3.05) is 0 Å². The molecule has 2 heteroatoms. The van der Waals surface area contributed by atoms with Crippen LogP contribution >= 0.6 is 11.6 Å². The van der Waals surface area contributed by atoms with Crippen LogP contribution in [-0.2, 0) is 4.79 Å². The highest BCUT2D eigenvalue weighted by atomic mass is 35.5. The molecule has 0 aliphatic heterocycles. The minimum absolute atomic E-state index is 0.0612. The summed E-state index contributed by atoms with van der Waals surface area (Å²) in [5.74, 6) is 0.920. The van der Waals surface area contributed by atoms with E-state index in [0.29, 0.717) is 5.78 Å². The number of rotatable bonds is 4. The van der Waals surface area contributed by atoms with E-state index in [0.717, 1.165) is 5.02 Å². The van der Waals surface area contributed by atoms with Gasteiger partial charge in [-0.05, 0) is 29.2 Å². The van der Waals surface area contributed by atoms with Gasteiger partial charge in [0.2, 0.25) is 0 Å². The van der Waals surface area contributed by atoms with Crippen molar-refractivity contribution in [3.05, 3.63) is 76.8 Å². The van der Waals surface area contributed by atoms with Gasteiger partial charge in [0, 0.05) is 22.3 Å². The third kappa shape index (κ3) is 3.62. The van der Waals surface area contributed by atoms with Crippen LogP contribution in [0.5, 0.6) is 0 Å². The van der Waals surface area contributed by atoms with Crippen LogP contribution in [0.3, 0.4) is 0 Å². The summed E-state index contributed by atoms with van der Waals surface area (Å²) in [5.41, 5.74) is 2.05. The molecule has 0 bridgehead atoms. The van der Waals surface area contributed by atoms with E-state index in [9.17, 15) is 4.79 Å². The predicted molar refractivity (Wildman–Crippen MR) is 101 cm³/mol. The first-order valence-electron chi connectivity index (χ1n) is 8.41. The van der Waals surface area contributed by atoms with E-state index in [1.54, 1.807) is 0 Å². The molecule has 0 radical (unpaired) electrons. The van der Waals surface area contributed by atoms with Crippen LogP contribution in [-0.4, -0.2) is 5.78 Å². The van der Waals surface area contributed by atoms with Crippen LogP contribution in [0.15, 0.2) is 60.7 Å². The molecule has 0 heterocycles. The summed E-state index contributed by atoms with van der Waals surface area (Å²) in [5, 5.41) is 0.731. The smallest absolute Gasteiger partial charge is 0.142 e. The van der Waals surface area contributed by atoms with Gasteiger partial charge in [0.25, 0.3) is 0 Å². The first kappa shape index (κ1) is 17.0. The third-order valence-corrected chi connectivity index (χ3v) is 4.93. The number of allylic oxidation sites excluding steroid dienone is 1. The molecule has 1 aliphatic carbocycles. The third-order valence-electron chi connectivity index (χ3n) is 4.68. The maximum Gasteiger partial charge on any atom is 0.142 e. The first-order valence-corrected chi connectivity index (χ1v) is 8.79. The second-order valence-corrected chi connectivity index (χ2v) is 8.00. The monoisotopic (exact) mass is 338 g/mol. The Balaban J connectivity index is 1.85. The maximum absolute atomic E-state index is 12.8. The van der Waals surface area contributed by atoms with Gasteiger partial charge >= 0.3 is 0 Å². The molecule has 3 atom stereocenters. The molecule has 1 saturated carbocycles. The fourth-order valence-corrected chi connectivity index (χ4v) is 3.44. The molecule has 1 aliphatic rings. The van der Waals surface area contributed by atoms with Gasteiger partial charge in [0.15, 0.2) is 0 Å². The maximum atomic E-state index is 12.8. The zero-order chi connectivity index (χ0) is 17.3.